The Labute approximate surface area is 128 Å². The van der Waals surface area contributed by atoms with Gasteiger partial charge in [0.1, 0.15) is 0 Å². The number of aliphatic hydroxyl groups is 1. The number of carbonyl (C=O) groups excluding carboxylic acids is 1. The number of rotatable bonds is 8. The molecule has 2 N–H and O–H groups in total. The van der Waals surface area contributed by atoms with Gasteiger partial charge in [0.2, 0.25) is 15.9 Å². The quantitative estimate of drug-likeness (QED) is 0.685. The molecule has 1 fully saturated rings. The highest BCUT2D eigenvalue weighted by Crippen LogP contribution is 2.19. The van der Waals surface area contributed by atoms with E-state index in [9.17, 15) is 13.2 Å². The van der Waals surface area contributed by atoms with Gasteiger partial charge in [-0.15, -0.1) is 0 Å². The molecule has 0 aliphatic carbocycles. The first kappa shape index (κ1) is 18.4. The van der Waals surface area contributed by atoms with Crippen LogP contribution in [0.5, 0.6) is 0 Å². The Kier molecular flexibility index (Phi) is 7.62. The second kappa shape index (κ2) is 8.70. The normalized spacial score (nSPS) is 19.4. The van der Waals surface area contributed by atoms with Crippen LogP contribution < -0.4 is 5.32 Å². The third-order valence-electron chi connectivity index (χ3n) is 4.09. The van der Waals surface area contributed by atoms with Crippen LogP contribution in [0.3, 0.4) is 0 Å². The number of hydrogen-bond acceptors (Lipinski definition) is 4. The standard InChI is InChI=1S/C14H28N2O4S/c1-3-4-12(7-10-17)11-15-14(18)13-5-8-16(9-6-13)21(2,19)20/h12-13,17H,3-11H2,1-2H3,(H,15,18). The van der Waals surface area contributed by atoms with Crippen molar-refractivity contribution in [3.05, 3.63) is 0 Å². The van der Waals surface area contributed by atoms with Gasteiger partial charge in [-0.1, -0.05) is 13.3 Å². The van der Waals surface area contributed by atoms with Crippen LogP contribution in [0.25, 0.3) is 0 Å². The maximum Gasteiger partial charge on any atom is 0.223 e. The van der Waals surface area contributed by atoms with Crippen molar-refractivity contribution in [3.63, 3.8) is 0 Å². The Balaban J connectivity index is 2.37. The summed E-state index contributed by atoms with van der Waals surface area (Å²) in [7, 11) is -3.14. The topological polar surface area (TPSA) is 86.7 Å². The molecule has 0 aromatic rings. The summed E-state index contributed by atoms with van der Waals surface area (Å²) in [5.74, 6) is 0.238. The van der Waals surface area contributed by atoms with Gasteiger partial charge in [-0.25, -0.2) is 12.7 Å². The minimum Gasteiger partial charge on any atom is -0.396 e. The molecule has 124 valence electrons. The lowest BCUT2D eigenvalue weighted by molar-refractivity contribution is -0.126. The van der Waals surface area contributed by atoms with Gasteiger partial charge in [-0.3, -0.25) is 4.79 Å². The molecule has 0 aromatic heterocycles. The molecule has 6 nitrogen and oxygen atoms in total. The molecule has 0 spiro atoms. The molecule has 1 rings (SSSR count). The van der Waals surface area contributed by atoms with Gasteiger partial charge in [-0.05, 0) is 31.6 Å². The van der Waals surface area contributed by atoms with E-state index in [1.807, 2.05) is 0 Å². The molecule has 7 heteroatoms. The fraction of sp³-hybridized carbons (Fsp3) is 0.929. The molecule has 1 unspecified atom stereocenters. The fourth-order valence-electron chi connectivity index (χ4n) is 2.78. The van der Waals surface area contributed by atoms with Gasteiger partial charge in [0.15, 0.2) is 0 Å². The van der Waals surface area contributed by atoms with E-state index in [0.717, 1.165) is 12.8 Å². The Morgan fingerprint density at radius 1 is 1.33 bits per heavy atom. The van der Waals surface area contributed by atoms with E-state index in [0.29, 0.717) is 44.8 Å². The van der Waals surface area contributed by atoms with Crippen molar-refractivity contribution in [3.8, 4) is 0 Å². The first-order chi connectivity index (χ1) is 9.88. The molecule has 1 aliphatic heterocycles. The van der Waals surface area contributed by atoms with E-state index in [-0.39, 0.29) is 18.4 Å². The van der Waals surface area contributed by atoms with Gasteiger partial charge in [0.25, 0.3) is 0 Å². The molecule has 21 heavy (non-hydrogen) atoms. The molecule has 0 aromatic carbocycles. The third kappa shape index (κ3) is 6.32. The largest absolute Gasteiger partial charge is 0.396 e. The third-order valence-corrected chi connectivity index (χ3v) is 5.40. The number of aliphatic hydroxyl groups excluding tert-OH is 1. The molecule has 1 amide bonds. The van der Waals surface area contributed by atoms with Crippen LogP contribution in [0.4, 0.5) is 0 Å². The molecule has 1 atom stereocenters. The lowest BCUT2D eigenvalue weighted by Gasteiger charge is -2.29. The van der Waals surface area contributed by atoms with Crippen LogP contribution in [0.15, 0.2) is 0 Å². The highest BCUT2D eigenvalue weighted by molar-refractivity contribution is 7.88. The van der Waals surface area contributed by atoms with Crippen LogP contribution in [0, 0.1) is 11.8 Å². The fourth-order valence-corrected chi connectivity index (χ4v) is 3.65. The lowest BCUT2D eigenvalue weighted by atomic mass is 9.96. The zero-order valence-corrected chi connectivity index (χ0v) is 13.9. The Morgan fingerprint density at radius 3 is 2.43 bits per heavy atom. The van der Waals surface area contributed by atoms with Gasteiger partial charge in [-0.2, -0.15) is 0 Å². The number of amides is 1. The smallest absolute Gasteiger partial charge is 0.223 e. The summed E-state index contributed by atoms with van der Waals surface area (Å²) in [4.78, 5) is 12.1. The van der Waals surface area contributed by atoms with Gasteiger partial charge in [0.05, 0.1) is 6.26 Å². The predicted molar refractivity (Wildman–Crippen MR) is 82.3 cm³/mol. The van der Waals surface area contributed by atoms with E-state index in [1.54, 1.807) is 0 Å². The van der Waals surface area contributed by atoms with Crippen molar-refractivity contribution in [2.45, 2.75) is 39.0 Å². The summed E-state index contributed by atoms with van der Waals surface area (Å²) in [6.07, 6.45) is 5.10. The van der Waals surface area contributed by atoms with Gasteiger partial charge in [0, 0.05) is 32.2 Å². The molecule has 0 bridgehead atoms. The van der Waals surface area contributed by atoms with Crippen molar-refractivity contribution >= 4 is 15.9 Å². The van der Waals surface area contributed by atoms with Crippen molar-refractivity contribution in [2.75, 3.05) is 32.5 Å². The summed E-state index contributed by atoms with van der Waals surface area (Å²) < 4.78 is 24.3. The molecular weight excluding hydrogens is 292 g/mol. The summed E-state index contributed by atoms with van der Waals surface area (Å²) in [6, 6.07) is 0. The SMILES string of the molecule is CCCC(CCO)CNC(=O)C1CCN(S(C)(=O)=O)CC1. The van der Waals surface area contributed by atoms with E-state index in [1.165, 1.54) is 10.6 Å². The monoisotopic (exact) mass is 320 g/mol. The minimum atomic E-state index is -3.14. The summed E-state index contributed by atoms with van der Waals surface area (Å²) in [5.41, 5.74) is 0. The number of nitrogens with one attached hydrogen (secondary N) is 1. The first-order valence-electron chi connectivity index (χ1n) is 7.72. The molecule has 0 radical (unpaired) electrons. The predicted octanol–water partition coefficient (Wildman–Crippen LogP) is 0.573. The van der Waals surface area contributed by atoms with Crippen LogP contribution in [-0.2, 0) is 14.8 Å². The van der Waals surface area contributed by atoms with Crippen LogP contribution in [0.2, 0.25) is 0 Å². The summed E-state index contributed by atoms with van der Waals surface area (Å²) in [6.45, 7) is 3.68. The second-order valence-corrected chi connectivity index (χ2v) is 7.83. The average molecular weight is 320 g/mol. The van der Waals surface area contributed by atoms with E-state index in [2.05, 4.69) is 12.2 Å². The zero-order chi connectivity index (χ0) is 15.9. The van der Waals surface area contributed by atoms with Crippen molar-refractivity contribution in [1.82, 2.24) is 9.62 Å². The Bertz CT molecular complexity index is 411. The van der Waals surface area contributed by atoms with Crippen molar-refractivity contribution in [2.24, 2.45) is 11.8 Å². The Morgan fingerprint density at radius 2 is 1.95 bits per heavy atom. The van der Waals surface area contributed by atoms with Crippen LogP contribution in [0.1, 0.15) is 39.0 Å². The Hall–Kier alpha value is -0.660. The molecule has 1 aliphatic rings. The van der Waals surface area contributed by atoms with Crippen LogP contribution in [-0.4, -0.2) is 56.2 Å². The van der Waals surface area contributed by atoms with Crippen LogP contribution >= 0.6 is 0 Å². The number of hydrogen-bond donors (Lipinski definition) is 2. The molecule has 0 saturated carbocycles. The highest BCUT2D eigenvalue weighted by Gasteiger charge is 2.28. The highest BCUT2D eigenvalue weighted by atomic mass is 32.2. The lowest BCUT2D eigenvalue weighted by Crippen LogP contribution is -2.43. The summed E-state index contributed by atoms with van der Waals surface area (Å²) in [5, 5.41) is 12.0. The molecule has 1 saturated heterocycles. The van der Waals surface area contributed by atoms with Gasteiger partial charge < -0.3 is 10.4 Å². The second-order valence-electron chi connectivity index (χ2n) is 5.85. The minimum absolute atomic E-state index is 0.0159. The van der Waals surface area contributed by atoms with E-state index < -0.39 is 10.0 Å². The first-order valence-corrected chi connectivity index (χ1v) is 9.57. The molecular formula is C14H28N2O4S. The maximum absolute atomic E-state index is 12.1. The zero-order valence-electron chi connectivity index (χ0n) is 13.0. The number of piperidine rings is 1. The van der Waals surface area contributed by atoms with Crippen molar-refractivity contribution in [1.29, 1.82) is 0 Å². The average Bonchev–Trinajstić information content (AvgIpc) is 2.44. The number of sulfonamides is 1. The molecule has 1 heterocycles. The van der Waals surface area contributed by atoms with E-state index >= 15 is 0 Å². The summed E-state index contributed by atoms with van der Waals surface area (Å²) >= 11 is 0. The van der Waals surface area contributed by atoms with Crippen molar-refractivity contribution < 1.29 is 18.3 Å². The number of carbonyl (C=O) groups is 1. The maximum atomic E-state index is 12.1. The number of nitrogens with zero attached hydrogens (tertiary/aromatic N) is 1. The van der Waals surface area contributed by atoms with Gasteiger partial charge >= 0.3 is 0 Å². The van der Waals surface area contributed by atoms with E-state index in [4.69, 9.17) is 5.11 Å².